The first-order valence-corrected chi connectivity index (χ1v) is 10.4. The molecule has 1 heterocycles. The lowest BCUT2D eigenvalue weighted by molar-refractivity contribution is -0.0688. The zero-order valence-corrected chi connectivity index (χ0v) is 16.5. The van der Waals surface area contributed by atoms with Crippen LogP contribution in [0.3, 0.4) is 0 Å². The maximum Gasteiger partial charge on any atom is 0.349 e. The van der Waals surface area contributed by atoms with E-state index in [1.165, 1.54) is 45.6 Å². The van der Waals surface area contributed by atoms with E-state index in [0.29, 0.717) is 16.7 Å². The molecular formula is C23H27NO4. The molecular weight excluding hydrogens is 354 g/mol. The molecule has 1 atom stereocenters. The Balaban J connectivity index is 1.41. The lowest BCUT2D eigenvalue weighted by Crippen LogP contribution is -2.56. The number of benzene rings is 1. The Morgan fingerprint density at radius 1 is 1.18 bits per heavy atom. The van der Waals surface area contributed by atoms with Gasteiger partial charge >= 0.3 is 5.63 Å². The molecule has 5 nitrogen and oxygen atoms in total. The summed E-state index contributed by atoms with van der Waals surface area (Å²) in [7, 11) is 1.53. The predicted octanol–water partition coefficient (Wildman–Crippen LogP) is 4.14. The van der Waals surface area contributed by atoms with Crippen LogP contribution in [0.4, 0.5) is 0 Å². The van der Waals surface area contributed by atoms with Crippen LogP contribution in [0, 0.1) is 23.2 Å². The van der Waals surface area contributed by atoms with Gasteiger partial charge in [0.1, 0.15) is 5.56 Å². The van der Waals surface area contributed by atoms with E-state index in [9.17, 15) is 9.59 Å². The normalized spacial score (nSPS) is 31.7. The lowest BCUT2D eigenvalue weighted by atomic mass is 9.48. The SMILES string of the molecule is COc1cccc2cc(C(=O)NC(C)C34CC5CC(CC(C5)C3)C4)c(=O)oc12. The minimum Gasteiger partial charge on any atom is -0.493 e. The fourth-order valence-corrected chi connectivity index (χ4v) is 6.57. The van der Waals surface area contributed by atoms with Gasteiger partial charge < -0.3 is 14.5 Å². The van der Waals surface area contributed by atoms with Crippen molar-refractivity contribution in [2.24, 2.45) is 23.2 Å². The van der Waals surface area contributed by atoms with Gasteiger partial charge in [-0.2, -0.15) is 0 Å². The monoisotopic (exact) mass is 381 g/mol. The third kappa shape index (κ3) is 2.75. The van der Waals surface area contributed by atoms with Gasteiger partial charge in [-0.3, -0.25) is 4.79 Å². The summed E-state index contributed by atoms with van der Waals surface area (Å²) >= 11 is 0. The van der Waals surface area contributed by atoms with Gasteiger partial charge in [-0.05, 0) is 80.8 Å². The minimum absolute atomic E-state index is 0.0637. The van der Waals surface area contributed by atoms with Crippen LogP contribution >= 0.6 is 0 Å². The molecule has 4 aliphatic rings. The average molecular weight is 381 g/mol. The summed E-state index contributed by atoms with van der Waals surface area (Å²) in [6.07, 6.45) is 7.75. The summed E-state index contributed by atoms with van der Waals surface area (Å²) in [5.41, 5.74) is 0.0234. The summed E-state index contributed by atoms with van der Waals surface area (Å²) < 4.78 is 10.7. The molecule has 0 saturated heterocycles. The number of para-hydroxylation sites is 1. The van der Waals surface area contributed by atoms with Crippen LogP contribution in [0.5, 0.6) is 5.75 Å². The second-order valence-electron chi connectivity index (χ2n) is 9.30. The molecule has 148 valence electrons. The van der Waals surface area contributed by atoms with Crippen LogP contribution in [0.1, 0.15) is 55.8 Å². The summed E-state index contributed by atoms with van der Waals surface area (Å²) in [6.45, 7) is 2.12. The highest BCUT2D eigenvalue weighted by molar-refractivity contribution is 5.97. The fourth-order valence-electron chi connectivity index (χ4n) is 6.57. The van der Waals surface area contributed by atoms with E-state index in [1.54, 1.807) is 12.1 Å². The highest BCUT2D eigenvalue weighted by Gasteiger charge is 2.53. The number of rotatable bonds is 4. The molecule has 1 amide bonds. The van der Waals surface area contributed by atoms with Crippen molar-refractivity contribution >= 4 is 16.9 Å². The minimum atomic E-state index is -0.618. The molecule has 0 aliphatic heterocycles. The zero-order valence-electron chi connectivity index (χ0n) is 16.5. The number of methoxy groups -OCH3 is 1. The molecule has 6 rings (SSSR count). The van der Waals surface area contributed by atoms with E-state index in [4.69, 9.17) is 9.15 Å². The standard InChI is InChI=1S/C23H27NO4/c1-13(23-10-14-6-15(11-23)8-16(7-14)12-23)24-21(25)18-9-17-4-3-5-19(27-2)20(17)28-22(18)26/h3-5,9,13-16H,6-8,10-12H2,1-2H3,(H,24,25). The van der Waals surface area contributed by atoms with E-state index in [1.807, 2.05) is 12.1 Å². The number of amides is 1. The van der Waals surface area contributed by atoms with Gasteiger partial charge in [-0.15, -0.1) is 0 Å². The number of ether oxygens (including phenoxy) is 1. The zero-order chi connectivity index (χ0) is 19.5. The van der Waals surface area contributed by atoms with Crippen molar-refractivity contribution in [3.05, 3.63) is 40.2 Å². The van der Waals surface area contributed by atoms with Crippen molar-refractivity contribution < 1.29 is 13.9 Å². The van der Waals surface area contributed by atoms with E-state index in [0.717, 1.165) is 17.8 Å². The molecule has 4 bridgehead atoms. The Hall–Kier alpha value is -2.30. The van der Waals surface area contributed by atoms with Gasteiger partial charge in [-0.25, -0.2) is 4.79 Å². The number of fused-ring (bicyclic) bond motifs is 1. The Morgan fingerprint density at radius 3 is 2.43 bits per heavy atom. The van der Waals surface area contributed by atoms with Crippen molar-refractivity contribution in [3.8, 4) is 5.75 Å². The van der Waals surface area contributed by atoms with E-state index >= 15 is 0 Å². The van der Waals surface area contributed by atoms with Gasteiger partial charge in [0.05, 0.1) is 7.11 Å². The Morgan fingerprint density at radius 2 is 1.82 bits per heavy atom. The number of carbonyl (C=O) groups excluding carboxylic acids is 1. The topological polar surface area (TPSA) is 68.5 Å². The molecule has 4 saturated carbocycles. The molecule has 5 heteroatoms. The molecule has 0 spiro atoms. The Bertz CT molecular complexity index is 956. The summed E-state index contributed by atoms with van der Waals surface area (Å²) in [5.74, 6) is 2.63. The van der Waals surface area contributed by atoms with Crippen LogP contribution in [0.15, 0.2) is 33.5 Å². The van der Waals surface area contributed by atoms with Gasteiger partial charge in [0.15, 0.2) is 11.3 Å². The second kappa shape index (κ2) is 6.36. The largest absolute Gasteiger partial charge is 0.493 e. The second-order valence-corrected chi connectivity index (χ2v) is 9.30. The van der Waals surface area contributed by atoms with Crippen LogP contribution in [0.25, 0.3) is 11.0 Å². The summed E-state index contributed by atoms with van der Waals surface area (Å²) in [6, 6.07) is 7.06. The highest BCUT2D eigenvalue weighted by Crippen LogP contribution is 2.61. The van der Waals surface area contributed by atoms with E-state index in [-0.39, 0.29) is 22.9 Å². The first kappa shape index (κ1) is 17.8. The predicted molar refractivity (Wildman–Crippen MR) is 107 cm³/mol. The molecule has 1 N–H and O–H groups in total. The molecule has 1 aromatic carbocycles. The van der Waals surface area contributed by atoms with Crippen molar-refractivity contribution in [1.29, 1.82) is 0 Å². The average Bonchev–Trinajstić information content (AvgIpc) is 2.65. The molecule has 28 heavy (non-hydrogen) atoms. The van der Waals surface area contributed by atoms with E-state index in [2.05, 4.69) is 12.2 Å². The molecule has 4 fully saturated rings. The Labute approximate surface area is 164 Å². The van der Waals surface area contributed by atoms with Gasteiger partial charge in [0.2, 0.25) is 0 Å². The van der Waals surface area contributed by atoms with Crippen LogP contribution < -0.4 is 15.7 Å². The first-order chi connectivity index (χ1) is 13.5. The van der Waals surface area contributed by atoms with Gasteiger partial charge in [0, 0.05) is 11.4 Å². The number of nitrogens with one attached hydrogen (secondary N) is 1. The first-order valence-electron chi connectivity index (χ1n) is 10.4. The lowest BCUT2D eigenvalue weighted by Gasteiger charge is -2.59. The quantitative estimate of drug-likeness (QED) is 0.809. The van der Waals surface area contributed by atoms with Crippen LogP contribution in [0.2, 0.25) is 0 Å². The van der Waals surface area contributed by atoms with E-state index < -0.39 is 5.63 Å². The Kier molecular flexibility index (Phi) is 4.04. The number of hydrogen-bond acceptors (Lipinski definition) is 4. The van der Waals surface area contributed by atoms with Crippen LogP contribution in [-0.4, -0.2) is 19.1 Å². The van der Waals surface area contributed by atoms with Crippen LogP contribution in [-0.2, 0) is 0 Å². The van der Waals surface area contributed by atoms with Gasteiger partial charge in [0.25, 0.3) is 5.91 Å². The summed E-state index contributed by atoms with van der Waals surface area (Å²) in [5, 5.41) is 3.84. The van der Waals surface area contributed by atoms with Crippen molar-refractivity contribution in [1.82, 2.24) is 5.32 Å². The fraction of sp³-hybridized carbons (Fsp3) is 0.565. The molecule has 1 aromatic heterocycles. The number of carbonyl (C=O) groups is 1. The van der Waals surface area contributed by atoms with Gasteiger partial charge in [-0.1, -0.05) is 12.1 Å². The van der Waals surface area contributed by atoms with Crippen molar-refractivity contribution in [2.75, 3.05) is 7.11 Å². The third-order valence-corrected chi connectivity index (χ3v) is 7.54. The summed E-state index contributed by atoms with van der Waals surface area (Å²) in [4.78, 5) is 25.5. The third-order valence-electron chi connectivity index (χ3n) is 7.54. The molecule has 2 aromatic rings. The molecule has 0 radical (unpaired) electrons. The number of hydrogen-bond donors (Lipinski definition) is 1. The molecule has 4 aliphatic carbocycles. The molecule has 1 unspecified atom stereocenters. The maximum atomic E-state index is 13.0. The smallest absolute Gasteiger partial charge is 0.349 e. The maximum absolute atomic E-state index is 13.0. The highest BCUT2D eigenvalue weighted by atomic mass is 16.5. The van der Waals surface area contributed by atoms with Crippen molar-refractivity contribution in [2.45, 2.75) is 51.5 Å². The van der Waals surface area contributed by atoms with Crippen molar-refractivity contribution in [3.63, 3.8) is 0 Å².